The summed E-state index contributed by atoms with van der Waals surface area (Å²) in [4.78, 5) is 46.3. The minimum absolute atomic E-state index is 0.172. The number of aromatic nitrogens is 2. The zero-order chi connectivity index (χ0) is 20.0. The third-order valence-electron chi connectivity index (χ3n) is 3.43. The molecule has 2 N–H and O–H groups in total. The summed E-state index contributed by atoms with van der Waals surface area (Å²) in [5.74, 6) is -1.61. The van der Waals surface area contributed by atoms with Gasteiger partial charge < -0.3 is 10.1 Å². The first-order valence-corrected chi connectivity index (χ1v) is 8.60. The van der Waals surface area contributed by atoms with Crippen LogP contribution in [0.15, 0.2) is 17.5 Å². The number of urea groups is 1. The average molecular weight is 395 g/mol. The van der Waals surface area contributed by atoms with E-state index >= 15 is 0 Å². The Morgan fingerprint density at radius 2 is 2.11 bits per heavy atom. The average Bonchev–Trinajstić information content (AvgIpc) is 3.19. The molecule has 0 fully saturated rings. The van der Waals surface area contributed by atoms with Crippen molar-refractivity contribution in [1.29, 1.82) is 0 Å². The Hall–Kier alpha value is -3.28. The van der Waals surface area contributed by atoms with E-state index in [0.29, 0.717) is 0 Å². The molecule has 144 valence electrons. The monoisotopic (exact) mass is 395 g/mol. The van der Waals surface area contributed by atoms with Crippen molar-refractivity contribution in [2.75, 3.05) is 6.61 Å². The van der Waals surface area contributed by atoms with Crippen LogP contribution in [-0.2, 0) is 27.4 Å². The summed E-state index contributed by atoms with van der Waals surface area (Å²) in [6.07, 6.45) is 0. The number of nitro groups is 1. The van der Waals surface area contributed by atoms with Gasteiger partial charge in [-0.3, -0.25) is 29.7 Å². The Bertz CT molecular complexity index is 860. The van der Waals surface area contributed by atoms with Crippen molar-refractivity contribution in [3.8, 4) is 0 Å². The van der Waals surface area contributed by atoms with Crippen molar-refractivity contribution in [2.24, 2.45) is 0 Å². The number of amides is 3. The van der Waals surface area contributed by atoms with Crippen LogP contribution in [0.5, 0.6) is 0 Å². The van der Waals surface area contributed by atoms with E-state index in [0.717, 1.165) is 9.56 Å². The molecule has 2 aromatic heterocycles. The molecule has 0 aliphatic carbocycles. The SMILES string of the molecule is Cc1nn(CC(=O)OCC(=O)NC(=O)NCc2cccs2)c(C)c1[N+](=O)[O-]. The van der Waals surface area contributed by atoms with E-state index in [1.54, 1.807) is 0 Å². The van der Waals surface area contributed by atoms with Crippen molar-refractivity contribution >= 4 is 34.9 Å². The highest BCUT2D eigenvalue weighted by atomic mass is 32.1. The van der Waals surface area contributed by atoms with Gasteiger partial charge in [-0.25, -0.2) is 4.79 Å². The number of nitrogens with one attached hydrogen (secondary N) is 2. The van der Waals surface area contributed by atoms with Gasteiger partial charge in [-0.15, -0.1) is 11.3 Å². The molecule has 3 amide bonds. The van der Waals surface area contributed by atoms with Crippen LogP contribution in [0.4, 0.5) is 10.5 Å². The molecule has 0 unspecified atom stereocenters. The number of hydrogen-bond acceptors (Lipinski definition) is 8. The van der Waals surface area contributed by atoms with Crippen LogP contribution >= 0.6 is 11.3 Å². The molecule has 12 heteroatoms. The van der Waals surface area contributed by atoms with Crippen LogP contribution in [0.3, 0.4) is 0 Å². The molecule has 2 aromatic rings. The summed E-state index contributed by atoms with van der Waals surface area (Å²) in [5, 5.41) is 21.2. The molecule has 0 saturated carbocycles. The fourth-order valence-corrected chi connectivity index (χ4v) is 2.85. The lowest BCUT2D eigenvalue weighted by Crippen LogP contribution is -2.41. The predicted octanol–water partition coefficient (Wildman–Crippen LogP) is 1.04. The molecule has 0 aliphatic rings. The number of carbonyl (C=O) groups excluding carboxylic acids is 3. The second-order valence-corrected chi connectivity index (χ2v) is 6.44. The van der Waals surface area contributed by atoms with E-state index in [2.05, 4.69) is 10.4 Å². The number of esters is 1. The molecule has 0 bridgehead atoms. The molecule has 11 nitrogen and oxygen atoms in total. The van der Waals surface area contributed by atoms with Crippen molar-refractivity contribution in [1.82, 2.24) is 20.4 Å². The quantitative estimate of drug-likeness (QED) is 0.404. The number of nitrogens with zero attached hydrogens (tertiary/aromatic N) is 3. The Morgan fingerprint density at radius 1 is 1.37 bits per heavy atom. The summed E-state index contributed by atoms with van der Waals surface area (Å²) >= 11 is 1.46. The topological polar surface area (TPSA) is 145 Å². The number of aryl methyl sites for hydroxylation is 1. The van der Waals surface area contributed by atoms with E-state index in [4.69, 9.17) is 4.74 Å². The number of ether oxygens (including phenoxy) is 1. The van der Waals surface area contributed by atoms with Gasteiger partial charge in [-0.1, -0.05) is 6.07 Å². The van der Waals surface area contributed by atoms with Crippen LogP contribution in [0, 0.1) is 24.0 Å². The molecular weight excluding hydrogens is 378 g/mol. The van der Waals surface area contributed by atoms with Crippen molar-refractivity contribution < 1.29 is 24.0 Å². The van der Waals surface area contributed by atoms with Crippen LogP contribution in [-0.4, -0.2) is 39.2 Å². The maximum absolute atomic E-state index is 11.8. The van der Waals surface area contributed by atoms with Crippen molar-refractivity contribution in [3.05, 3.63) is 43.9 Å². The van der Waals surface area contributed by atoms with Gasteiger partial charge in [0.05, 0.1) is 11.5 Å². The first-order valence-electron chi connectivity index (χ1n) is 7.72. The van der Waals surface area contributed by atoms with Gasteiger partial charge in [0.25, 0.3) is 5.91 Å². The van der Waals surface area contributed by atoms with E-state index in [1.165, 1.54) is 25.2 Å². The third kappa shape index (κ3) is 5.60. The van der Waals surface area contributed by atoms with Gasteiger partial charge in [-0.05, 0) is 25.3 Å². The lowest BCUT2D eigenvalue weighted by atomic mass is 10.3. The van der Waals surface area contributed by atoms with Gasteiger partial charge in [0.1, 0.15) is 17.9 Å². The number of rotatable bonds is 7. The maximum atomic E-state index is 11.8. The summed E-state index contributed by atoms with van der Waals surface area (Å²) in [6.45, 7) is 2.13. The number of thiophene rings is 1. The first-order chi connectivity index (χ1) is 12.8. The lowest BCUT2D eigenvalue weighted by Gasteiger charge is -2.07. The molecule has 0 aliphatic heterocycles. The van der Waals surface area contributed by atoms with E-state index in [-0.39, 0.29) is 23.6 Å². The molecule has 0 spiro atoms. The van der Waals surface area contributed by atoms with Crippen molar-refractivity contribution in [3.63, 3.8) is 0 Å². The van der Waals surface area contributed by atoms with E-state index < -0.39 is 36.0 Å². The highest BCUT2D eigenvalue weighted by Gasteiger charge is 2.23. The second kappa shape index (κ2) is 8.89. The largest absolute Gasteiger partial charge is 0.454 e. The Kier molecular flexibility index (Phi) is 6.60. The Morgan fingerprint density at radius 3 is 2.70 bits per heavy atom. The first kappa shape index (κ1) is 20.0. The van der Waals surface area contributed by atoms with Crippen LogP contribution in [0.25, 0.3) is 0 Å². The normalized spacial score (nSPS) is 10.3. The van der Waals surface area contributed by atoms with Crippen molar-refractivity contribution in [2.45, 2.75) is 26.9 Å². The number of imide groups is 1. The molecule has 2 rings (SSSR count). The maximum Gasteiger partial charge on any atom is 0.328 e. The molecule has 0 aromatic carbocycles. The van der Waals surface area contributed by atoms with Crippen LogP contribution in [0.2, 0.25) is 0 Å². The minimum atomic E-state index is -0.815. The third-order valence-corrected chi connectivity index (χ3v) is 4.30. The number of carbonyl (C=O) groups is 3. The molecule has 0 radical (unpaired) electrons. The fourth-order valence-electron chi connectivity index (χ4n) is 2.21. The lowest BCUT2D eigenvalue weighted by molar-refractivity contribution is -0.386. The molecule has 0 saturated heterocycles. The highest BCUT2D eigenvalue weighted by Crippen LogP contribution is 2.21. The van der Waals surface area contributed by atoms with Crippen LogP contribution in [0.1, 0.15) is 16.3 Å². The molecule has 0 atom stereocenters. The van der Waals surface area contributed by atoms with Crippen LogP contribution < -0.4 is 10.6 Å². The van der Waals surface area contributed by atoms with Gasteiger partial charge in [0.15, 0.2) is 6.61 Å². The minimum Gasteiger partial charge on any atom is -0.454 e. The van der Waals surface area contributed by atoms with E-state index in [1.807, 2.05) is 22.8 Å². The predicted molar refractivity (Wildman–Crippen MR) is 94.0 cm³/mol. The molecule has 27 heavy (non-hydrogen) atoms. The fraction of sp³-hybridized carbons (Fsp3) is 0.333. The molecular formula is C15H17N5O6S. The highest BCUT2D eigenvalue weighted by molar-refractivity contribution is 7.09. The summed E-state index contributed by atoms with van der Waals surface area (Å²) in [6, 6.07) is 2.96. The zero-order valence-electron chi connectivity index (χ0n) is 14.6. The molecule has 2 heterocycles. The van der Waals surface area contributed by atoms with E-state index in [9.17, 15) is 24.5 Å². The second-order valence-electron chi connectivity index (χ2n) is 5.41. The van der Waals surface area contributed by atoms with Gasteiger partial charge in [0.2, 0.25) is 0 Å². The number of hydrogen-bond donors (Lipinski definition) is 2. The summed E-state index contributed by atoms with van der Waals surface area (Å²) < 4.78 is 5.89. The van der Waals surface area contributed by atoms with Gasteiger partial charge >= 0.3 is 17.7 Å². The Labute approximate surface area is 157 Å². The van der Waals surface area contributed by atoms with Gasteiger partial charge in [0, 0.05) is 4.88 Å². The van der Waals surface area contributed by atoms with Gasteiger partial charge in [-0.2, -0.15) is 5.10 Å². The standard InChI is InChI=1S/C15H17N5O6S/c1-9-14(20(24)25)10(2)19(18-9)7-13(22)26-8-12(21)17-15(23)16-6-11-4-3-5-27-11/h3-5H,6-8H2,1-2H3,(H2,16,17,21,23). The smallest absolute Gasteiger partial charge is 0.328 e. The Balaban J connectivity index is 1.76. The zero-order valence-corrected chi connectivity index (χ0v) is 15.4. The summed E-state index contributed by atoms with van der Waals surface area (Å²) in [5.41, 5.74) is 0.195. The summed E-state index contributed by atoms with van der Waals surface area (Å²) in [7, 11) is 0.